The molecule has 0 atom stereocenters. The Morgan fingerprint density at radius 3 is 1.37 bits per heavy atom. The summed E-state index contributed by atoms with van der Waals surface area (Å²) >= 11 is 3.37. The second-order valence-electron chi connectivity index (χ2n) is 28.4. The van der Waals surface area contributed by atoms with Crippen molar-refractivity contribution in [2.24, 2.45) is 0 Å². The molecule has 534 valence electrons. The van der Waals surface area contributed by atoms with Crippen molar-refractivity contribution in [3.63, 3.8) is 0 Å². The summed E-state index contributed by atoms with van der Waals surface area (Å²) in [5, 5.41) is 0. The normalized spacial score (nSPS) is 16.2. The molecule has 27 rings (SSSR count). The largest absolute Gasteiger partial charge is 0.458 e. The molecular weight excluding hydrogens is 1440 g/mol. The first-order valence-electron chi connectivity index (χ1n) is 48.2. The van der Waals surface area contributed by atoms with Gasteiger partial charge in [-0.05, 0) is 180 Å². The van der Waals surface area contributed by atoms with Gasteiger partial charge >= 0.3 is 0 Å². The van der Waals surface area contributed by atoms with Crippen LogP contribution in [0.1, 0.15) is 48.2 Å². The quantitative estimate of drug-likeness (QED) is 0.160. The third-order valence-corrected chi connectivity index (χ3v) is 24.3. The lowest BCUT2D eigenvalue weighted by atomic mass is 9.34. The second kappa shape index (κ2) is 24.1. The number of imidazole rings is 6. The molecule has 0 unspecified atom stereocenters. The summed E-state index contributed by atoms with van der Waals surface area (Å²) < 4.78 is 237. The molecular formula is C96H60B3N9O4S2. The van der Waals surface area contributed by atoms with Crippen LogP contribution in [0.4, 0.5) is 0 Å². The Bertz CT molecular complexity index is 8720. The van der Waals surface area contributed by atoms with Gasteiger partial charge in [0.2, 0.25) is 24.0 Å². The van der Waals surface area contributed by atoms with E-state index >= 15 is 0 Å². The molecule has 0 aliphatic carbocycles. The van der Waals surface area contributed by atoms with Crippen LogP contribution >= 0.6 is 23.5 Å². The molecule has 15 aromatic carbocycles. The van der Waals surface area contributed by atoms with E-state index in [0.717, 1.165) is 47.0 Å². The number of hydrogen-bond acceptors (Lipinski definition) is 9. The topological polar surface area (TPSA) is 104 Å². The third-order valence-electron chi connectivity index (χ3n) is 22.0. The summed E-state index contributed by atoms with van der Waals surface area (Å²) in [6, 6.07) is 48.8. The molecule has 114 heavy (non-hydrogen) atoms. The summed E-state index contributed by atoms with van der Waals surface area (Å²) in [4.78, 5) is 18.9. The van der Waals surface area contributed by atoms with E-state index in [-0.39, 0.29) is 216 Å². The van der Waals surface area contributed by atoms with Crippen LogP contribution in [0, 0.1) is 20.8 Å². The molecule has 0 radical (unpaired) electrons. The van der Waals surface area contributed by atoms with E-state index in [0.29, 0.717) is 62.3 Å². The zero-order valence-corrected chi connectivity index (χ0v) is 61.5. The first kappa shape index (κ1) is 45.5. The van der Waals surface area contributed by atoms with Crippen LogP contribution < -0.4 is 68.1 Å². The van der Waals surface area contributed by atoms with E-state index in [1.165, 1.54) is 20.8 Å². The SMILES string of the molecule is [2H]c1c([2H])c([2H])c2c(c1[2H])Oc1c([2H])c(-n3c4ccccc4n4c5ccccc5nc34)c([2H])c3c1B2c1c([2H])c([2H])c([2H])c(C)c1O3.[2H]c1c([2H])c([2H])c2c(c1[2H])n(-c1cc3c4c(c1)Oc1ccccc1B4c1ccccc1O3)c1nc3c([2H])c(C)c([2H])c([2H])c3n21.[2H]c1c([2H])c([2H])c2c(c1[2H])n(-c1cc3c4c(c1)Sc1ccccc1B4c1ccccc1S3)c1nc3c([2H])c(C)c([2H])c([2H])c3n21. The summed E-state index contributed by atoms with van der Waals surface area (Å²) in [5.41, 5.74) is 13.2. The van der Waals surface area contributed by atoms with Crippen LogP contribution in [0.5, 0.6) is 46.0 Å². The van der Waals surface area contributed by atoms with Crippen LogP contribution in [0.3, 0.4) is 0 Å². The van der Waals surface area contributed by atoms with Crippen LogP contribution in [0.15, 0.2) is 328 Å². The predicted octanol–water partition coefficient (Wildman–Crippen LogP) is 17.1. The van der Waals surface area contributed by atoms with Crippen molar-refractivity contribution in [1.29, 1.82) is 0 Å². The summed E-state index contributed by atoms with van der Waals surface area (Å²) in [7, 11) is 0. The smallest absolute Gasteiger partial charge is 0.260 e. The monoisotopic (exact) mass is 1520 g/mol. The fourth-order valence-corrected chi connectivity index (χ4v) is 19.8. The lowest BCUT2D eigenvalue weighted by Crippen LogP contribution is -2.58. The molecule has 0 saturated carbocycles. The van der Waals surface area contributed by atoms with Crippen molar-refractivity contribution < 1.29 is 50.5 Å². The molecule has 6 aliphatic heterocycles. The number of para-hydroxylation sites is 12. The van der Waals surface area contributed by atoms with Gasteiger partial charge in [0.15, 0.2) is 0 Å². The number of hydrogen-bond donors (Lipinski definition) is 0. The summed E-state index contributed by atoms with van der Waals surface area (Å²) in [6.07, 6.45) is 0. The van der Waals surface area contributed by atoms with E-state index in [4.69, 9.17) is 62.7 Å². The lowest BCUT2D eigenvalue weighted by Gasteiger charge is -2.33. The van der Waals surface area contributed by atoms with Crippen LogP contribution in [-0.4, -0.2) is 62.0 Å². The summed E-state index contributed by atoms with van der Waals surface area (Å²) in [5.74, 6) is 3.06. The van der Waals surface area contributed by atoms with Gasteiger partial charge in [0.25, 0.3) is 13.4 Å². The molecule has 0 spiro atoms. The number of nitrogens with zero attached hydrogens (tertiary/aromatic N) is 9. The molecule has 0 fully saturated rings. The van der Waals surface area contributed by atoms with Crippen LogP contribution in [-0.2, 0) is 0 Å². The van der Waals surface area contributed by atoms with Crippen molar-refractivity contribution >= 4 is 176 Å². The van der Waals surface area contributed by atoms with Crippen LogP contribution in [0.2, 0.25) is 0 Å². The highest BCUT2D eigenvalue weighted by atomic mass is 32.2. The van der Waals surface area contributed by atoms with E-state index < -0.39 is 49.0 Å². The highest BCUT2D eigenvalue weighted by molar-refractivity contribution is 8.01. The van der Waals surface area contributed by atoms with E-state index in [9.17, 15) is 2.74 Å². The highest BCUT2D eigenvalue weighted by Gasteiger charge is 2.44. The van der Waals surface area contributed by atoms with E-state index in [2.05, 4.69) is 48.5 Å². The van der Waals surface area contributed by atoms with Crippen molar-refractivity contribution in [3.05, 3.63) is 326 Å². The zero-order valence-electron chi connectivity index (χ0n) is 82.9. The Hall–Kier alpha value is -13.8. The Kier molecular flexibility index (Phi) is 9.63. The maximum Gasteiger partial charge on any atom is 0.260 e. The second-order valence-corrected chi connectivity index (χ2v) is 30.6. The minimum atomic E-state index is -1.14. The molecule has 21 aromatic rings. The maximum atomic E-state index is 9.59. The van der Waals surface area contributed by atoms with Gasteiger partial charge < -0.3 is 18.9 Å². The summed E-state index contributed by atoms with van der Waals surface area (Å²) in [6.45, 7) is 3.57. The first-order valence-corrected chi connectivity index (χ1v) is 38.3. The molecule has 6 aliphatic rings. The molecule has 6 aromatic heterocycles. The lowest BCUT2D eigenvalue weighted by molar-refractivity contribution is 0.462. The number of ether oxygens (including phenoxy) is 4. The fourth-order valence-electron chi connectivity index (χ4n) is 17.3. The standard InChI is InChI=1S/2C32H20BN3O2.C32H20BN3S2/c1-19-14-15-24-23(16-19)34-32-35(25-10-4-5-11-26(25)36(24)32)20-17-29-31-30(18-20)38-28-13-7-3-9-22(28)33(31)21-8-2-6-12-27(21)37-29;1-19-9-8-11-22-31(19)38-29-18-20(17-28-30(29)33(22)21-10-2-7-16-27(21)37-28)35-25-14-5-6-15-26(25)36-24-13-4-3-12-23(24)34-32(35)36;1-19-14-15-24-23(16-19)34-32-35(25-10-4-5-11-26(25)36(24)32)20-17-29-31-30(18-20)38-28-13-7-3-9-22(28)33(31)21-8-2-6-12-27(21)37-29/h3*2-18H,1H3/i4D,5D,10D,11D,14D,15D,16D;2D,7D,8D,9D,10D,11D,16D,17D,18D;4D,5D,10D,11D,14D,15D,16D. The Morgan fingerprint density at radius 2 is 0.746 bits per heavy atom. The fraction of sp³-hybridized carbons (Fsp3) is 0.0312. The van der Waals surface area contributed by atoms with E-state index in [1.54, 1.807) is 62.4 Å². The van der Waals surface area contributed by atoms with Crippen molar-refractivity contribution in [2.75, 3.05) is 0 Å². The van der Waals surface area contributed by atoms with Gasteiger partial charge in [-0.1, -0.05) is 204 Å². The number of benzene rings is 15. The molecule has 18 heteroatoms. The van der Waals surface area contributed by atoms with Gasteiger partial charge in [-0.3, -0.25) is 26.9 Å². The molecule has 0 N–H and O–H groups in total. The maximum absolute atomic E-state index is 9.59. The molecule has 0 saturated heterocycles. The molecule has 12 heterocycles. The first-order chi connectivity index (χ1) is 65.9. The van der Waals surface area contributed by atoms with Gasteiger partial charge in [-0.15, -0.1) is 0 Å². The number of rotatable bonds is 3. The Balaban J connectivity index is 0.000000109. The Morgan fingerprint density at radius 1 is 0.298 bits per heavy atom. The van der Waals surface area contributed by atoms with Crippen molar-refractivity contribution in [3.8, 4) is 63.1 Å². The van der Waals surface area contributed by atoms with Gasteiger partial charge in [0.1, 0.15) is 46.0 Å². The molecule has 13 nitrogen and oxygen atoms in total. The van der Waals surface area contributed by atoms with Crippen molar-refractivity contribution in [1.82, 2.24) is 41.9 Å². The number of fused-ring (bicyclic) bond motifs is 27. The minimum Gasteiger partial charge on any atom is -0.458 e. The molecule has 0 amide bonds. The minimum absolute atomic E-state index is 0.0131. The average Bonchev–Trinajstić information content (AvgIpc) is 1.63. The van der Waals surface area contributed by atoms with E-state index in [1.807, 2.05) is 126 Å². The Labute approximate surface area is 694 Å². The van der Waals surface area contributed by atoms with Gasteiger partial charge in [0.05, 0.1) is 115 Å². The predicted molar refractivity (Wildman–Crippen MR) is 464 cm³/mol. The van der Waals surface area contributed by atoms with Crippen molar-refractivity contribution in [2.45, 2.75) is 40.4 Å². The highest BCUT2D eigenvalue weighted by Crippen LogP contribution is 2.45. The van der Waals surface area contributed by atoms with Gasteiger partial charge in [-0.25, -0.2) is 15.0 Å². The molecule has 0 bridgehead atoms. The van der Waals surface area contributed by atoms with Crippen LogP contribution in [0.25, 0.3) is 101 Å². The van der Waals surface area contributed by atoms with Gasteiger partial charge in [0, 0.05) is 54.7 Å². The zero-order chi connectivity index (χ0) is 94.9. The average molecular weight is 1520 g/mol. The van der Waals surface area contributed by atoms with Gasteiger partial charge in [-0.2, -0.15) is 0 Å². The third kappa shape index (κ3) is 9.22. The number of aromatic nitrogens is 9.